The summed E-state index contributed by atoms with van der Waals surface area (Å²) in [6.45, 7) is 6.17. The van der Waals surface area contributed by atoms with Gasteiger partial charge in [-0.05, 0) is 12.8 Å². The van der Waals surface area contributed by atoms with Gasteiger partial charge < -0.3 is 0 Å². The van der Waals surface area contributed by atoms with Crippen LogP contribution in [-0.2, 0) is 5.11 Å². The molecule has 1 N–H and O–H groups in total. The molecule has 0 bridgehead atoms. The predicted molar refractivity (Wildman–Crippen MR) is 37.6 cm³/mol. The van der Waals surface area contributed by atoms with Gasteiger partial charge in [0.15, 0.2) is 0 Å². The Labute approximate surface area is 57.3 Å². The van der Waals surface area contributed by atoms with Gasteiger partial charge in [-0.1, -0.05) is 20.3 Å². The molecule has 0 spiro atoms. The molecular weight excluding hydrogens is 114 g/mol. The normalized spacial score (nSPS) is 17.3. The van der Waals surface area contributed by atoms with Crippen molar-refractivity contribution in [1.29, 1.82) is 0 Å². The van der Waals surface area contributed by atoms with E-state index in [4.69, 9.17) is 0 Å². The molecule has 0 aliphatic heterocycles. The van der Waals surface area contributed by atoms with E-state index >= 15 is 0 Å². The Hall–Kier alpha value is -0.0800. The second-order valence-corrected chi connectivity index (χ2v) is 2.52. The fourth-order valence-corrected chi connectivity index (χ4v) is 0.686. The molecule has 0 amide bonds. The first-order valence-corrected chi connectivity index (χ1v) is 3.53. The van der Waals surface area contributed by atoms with Gasteiger partial charge in [0.2, 0.25) is 0 Å². The van der Waals surface area contributed by atoms with Crippen LogP contribution in [0.1, 0.15) is 27.2 Å². The molecule has 9 heavy (non-hydrogen) atoms. The minimum absolute atomic E-state index is 0.161. The molecule has 0 aromatic heterocycles. The lowest BCUT2D eigenvalue weighted by atomic mass is 10.0. The van der Waals surface area contributed by atoms with Crippen molar-refractivity contribution in [2.24, 2.45) is 5.92 Å². The standard InChI is InChI=1S/C7H16NO/c1-4-6(2)7(3)8-5-9/h6-8H,4-5H2,1-3H3. The van der Waals surface area contributed by atoms with Gasteiger partial charge in [0.1, 0.15) is 6.73 Å². The fraction of sp³-hybridized carbons (Fsp3) is 1.00. The van der Waals surface area contributed by atoms with Crippen LogP contribution in [0.25, 0.3) is 0 Å². The number of hydrogen-bond acceptors (Lipinski definition) is 1. The Balaban J connectivity index is 3.32. The van der Waals surface area contributed by atoms with Gasteiger partial charge in [0.25, 0.3) is 0 Å². The van der Waals surface area contributed by atoms with Crippen molar-refractivity contribution in [2.45, 2.75) is 33.2 Å². The highest BCUT2D eigenvalue weighted by atomic mass is 16.3. The minimum atomic E-state index is -0.161. The number of nitrogens with one attached hydrogen (secondary N) is 1. The second-order valence-electron chi connectivity index (χ2n) is 2.52. The zero-order valence-corrected chi connectivity index (χ0v) is 6.48. The van der Waals surface area contributed by atoms with Gasteiger partial charge in [0, 0.05) is 6.04 Å². The summed E-state index contributed by atoms with van der Waals surface area (Å²) in [4.78, 5) is 0. The van der Waals surface area contributed by atoms with E-state index in [2.05, 4.69) is 19.2 Å². The summed E-state index contributed by atoms with van der Waals surface area (Å²) in [5.74, 6) is 0.610. The molecule has 0 aromatic rings. The van der Waals surface area contributed by atoms with E-state index in [1.165, 1.54) is 0 Å². The third-order valence-corrected chi connectivity index (χ3v) is 1.90. The van der Waals surface area contributed by atoms with Crippen molar-refractivity contribution in [3.8, 4) is 0 Å². The van der Waals surface area contributed by atoms with Crippen LogP contribution in [0.5, 0.6) is 0 Å². The average molecular weight is 130 g/mol. The Morgan fingerprint density at radius 1 is 1.44 bits per heavy atom. The first kappa shape index (κ1) is 8.92. The summed E-state index contributed by atoms with van der Waals surface area (Å²) in [5, 5.41) is 12.9. The van der Waals surface area contributed by atoms with Crippen LogP contribution in [0.15, 0.2) is 0 Å². The van der Waals surface area contributed by atoms with E-state index in [0.717, 1.165) is 6.42 Å². The first-order chi connectivity index (χ1) is 4.22. The zero-order chi connectivity index (χ0) is 7.28. The van der Waals surface area contributed by atoms with Crippen molar-refractivity contribution in [3.05, 3.63) is 0 Å². The molecule has 0 aliphatic carbocycles. The highest BCUT2D eigenvalue weighted by molar-refractivity contribution is 4.64. The molecule has 0 heterocycles. The zero-order valence-electron chi connectivity index (χ0n) is 6.48. The summed E-state index contributed by atoms with van der Waals surface area (Å²) in [6, 6.07) is 0.368. The van der Waals surface area contributed by atoms with Crippen LogP contribution >= 0.6 is 0 Å². The van der Waals surface area contributed by atoms with Gasteiger partial charge in [-0.25, -0.2) is 5.11 Å². The summed E-state index contributed by atoms with van der Waals surface area (Å²) >= 11 is 0. The molecule has 0 saturated carbocycles. The molecular formula is C7H16NO. The molecule has 2 nitrogen and oxygen atoms in total. The average Bonchev–Trinajstić information content (AvgIpc) is 1.87. The van der Waals surface area contributed by atoms with E-state index in [-0.39, 0.29) is 6.73 Å². The summed E-state index contributed by atoms with van der Waals surface area (Å²) in [6.07, 6.45) is 1.13. The fourth-order valence-electron chi connectivity index (χ4n) is 0.686. The van der Waals surface area contributed by atoms with Crippen LogP contribution < -0.4 is 5.32 Å². The highest BCUT2D eigenvalue weighted by Crippen LogP contribution is 2.05. The van der Waals surface area contributed by atoms with Crippen LogP contribution in [-0.4, -0.2) is 12.8 Å². The predicted octanol–water partition coefficient (Wildman–Crippen LogP) is 1.40. The molecule has 0 aromatic carbocycles. The molecule has 2 heteroatoms. The maximum Gasteiger partial charge on any atom is 0.133 e. The Kier molecular flexibility index (Phi) is 4.72. The van der Waals surface area contributed by atoms with Gasteiger partial charge in [-0.2, -0.15) is 0 Å². The minimum Gasteiger partial charge on any atom is -0.289 e. The van der Waals surface area contributed by atoms with Crippen LogP contribution in [0.3, 0.4) is 0 Å². The SMILES string of the molecule is CCC(C)C(C)NC[O]. The lowest BCUT2D eigenvalue weighted by Gasteiger charge is -2.17. The number of rotatable bonds is 4. The summed E-state index contributed by atoms with van der Waals surface area (Å²) < 4.78 is 0. The van der Waals surface area contributed by atoms with E-state index in [1.54, 1.807) is 0 Å². The van der Waals surface area contributed by atoms with Crippen molar-refractivity contribution in [2.75, 3.05) is 6.73 Å². The van der Waals surface area contributed by atoms with Gasteiger partial charge in [0.05, 0.1) is 0 Å². The molecule has 0 aliphatic rings. The molecule has 0 saturated heterocycles. The Morgan fingerprint density at radius 3 is 2.33 bits per heavy atom. The molecule has 55 valence electrons. The molecule has 0 fully saturated rings. The van der Waals surface area contributed by atoms with Crippen molar-refractivity contribution >= 4 is 0 Å². The first-order valence-electron chi connectivity index (χ1n) is 3.53. The third-order valence-electron chi connectivity index (χ3n) is 1.90. The van der Waals surface area contributed by atoms with E-state index in [9.17, 15) is 5.11 Å². The number of hydrogen-bond donors (Lipinski definition) is 1. The van der Waals surface area contributed by atoms with Gasteiger partial charge >= 0.3 is 0 Å². The molecule has 2 unspecified atom stereocenters. The van der Waals surface area contributed by atoms with Gasteiger partial charge in [-0.3, -0.25) is 5.32 Å². The van der Waals surface area contributed by atoms with Crippen molar-refractivity contribution in [3.63, 3.8) is 0 Å². The highest BCUT2D eigenvalue weighted by Gasteiger charge is 2.07. The maximum atomic E-state index is 10.0. The Morgan fingerprint density at radius 2 is 2.00 bits per heavy atom. The van der Waals surface area contributed by atoms with E-state index < -0.39 is 0 Å². The quantitative estimate of drug-likeness (QED) is 0.573. The lowest BCUT2D eigenvalue weighted by molar-refractivity contribution is 0.147. The second kappa shape index (κ2) is 4.77. The van der Waals surface area contributed by atoms with Crippen LogP contribution in [0.4, 0.5) is 0 Å². The molecule has 0 rings (SSSR count). The van der Waals surface area contributed by atoms with Crippen molar-refractivity contribution < 1.29 is 5.11 Å². The van der Waals surface area contributed by atoms with Crippen LogP contribution in [0, 0.1) is 5.92 Å². The summed E-state index contributed by atoms with van der Waals surface area (Å²) in [5.41, 5.74) is 0. The molecule has 2 atom stereocenters. The summed E-state index contributed by atoms with van der Waals surface area (Å²) in [7, 11) is 0. The van der Waals surface area contributed by atoms with E-state index in [0.29, 0.717) is 12.0 Å². The maximum absolute atomic E-state index is 10.0. The van der Waals surface area contributed by atoms with Gasteiger partial charge in [-0.15, -0.1) is 0 Å². The monoisotopic (exact) mass is 130 g/mol. The third kappa shape index (κ3) is 3.49. The molecule has 1 radical (unpaired) electrons. The smallest absolute Gasteiger partial charge is 0.133 e. The van der Waals surface area contributed by atoms with E-state index in [1.807, 2.05) is 6.92 Å². The van der Waals surface area contributed by atoms with Crippen molar-refractivity contribution in [1.82, 2.24) is 5.32 Å². The topological polar surface area (TPSA) is 31.9 Å². The largest absolute Gasteiger partial charge is 0.289 e. The van der Waals surface area contributed by atoms with Crippen LogP contribution in [0.2, 0.25) is 0 Å². The lowest BCUT2D eigenvalue weighted by Crippen LogP contribution is -2.31. The Bertz CT molecular complexity index is 65.9.